The number of benzene rings is 1. The molecule has 25 heavy (non-hydrogen) atoms. The van der Waals surface area contributed by atoms with Gasteiger partial charge in [-0.1, -0.05) is 17.4 Å². The monoisotopic (exact) mass is 373 g/mol. The van der Waals surface area contributed by atoms with Crippen molar-refractivity contribution >= 4 is 49.8 Å². The first-order valence-corrected chi connectivity index (χ1v) is 9.53. The van der Waals surface area contributed by atoms with Crippen molar-refractivity contribution in [3.8, 4) is 0 Å². The first kappa shape index (κ1) is 16.2. The number of thiophene rings is 1. The smallest absolute Gasteiger partial charge is 0.267 e. The number of aromatic nitrogens is 1. The van der Waals surface area contributed by atoms with Crippen molar-refractivity contribution in [2.75, 3.05) is 31.6 Å². The lowest BCUT2D eigenvalue weighted by molar-refractivity contribution is 0.0303. The van der Waals surface area contributed by atoms with Gasteiger partial charge in [-0.25, -0.2) is 4.98 Å². The molecule has 0 spiro atoms. The van der Waals surface area contributed by atoms with Crippen LogP contribution < -0.4 is 5.32 Å². The van der Waals surface area contributed by atoms with E-state index in [0.29, 0.717) is 41.9 Å². The van der Waals surface area contributed by atoms with E-state index in [1.165, 1.54) is 22.7 Å². The topological polar surface area (TPSA) is 71.5 Å². The number of amides is 2. The van der Waals surface area contributed by atoms with E-state index in [0.717, 1.165) is 10.2 Å². The number of carbonyl (C=O) groups is 2. The largest absolute Gasteiger partial charge is 0.378 e. The zero-order valence-electron chi connectivity index (χ0n) is 13.2. The fourth-order valence-electron chi connectivity index (χ4n) is 2.63. The first-order chi connectivity index (χ1) is 12.2. The highest BCUT2D eigenvalue weighted by Crippen LogP contribution is 2.28. The lowest BCUT2D eigenvalue weighted by atomic mass is 10.2. The number of nitrogens with one attached hydrogen (secondary N) is 1. The van der Waals surface area contributed by atoms with Crippen LogP contribution in [-0.4, -0.2) is 48.0 Å². The van der Waals surface area contributed by atoms with E-state index >= 15 is 0 Å². The fourth-order valence-corrected chi connectivity index (χ4v) is 4.15. The molecular weight excluding hydrogens is 358 g/mol. The lowest BCUT2D eigenvalue weighted by Crippen LogP contribution is -2.40. The Kier molecular flexibility index (Phi) is 4.48. The summed E-state index contributed by atoms with van der Waals surface area (Å²) in [5.41, 5.74) is 1.40. The molecule has 2 aromatic heterocycles. The number of thiazole rings is 1. The molecular formula is C17H15N3O3S2. The number of hydrogen-bond acceptors (Lipinski definition) is 6. The average molecular weight is 373 g/mol. The van der Waals surface area contributed by atoms with E-state index in [9.17, 15) is 9.59 Å². The standard InChI is InChI=1S/C17H15N3O3S2/c21-15(13-2-1-9-24-13)19-17-18-12-4-3-11(10-14(12)25-17)16(22)20-5-7-23-8-6-20/h1-4,9-10H,5-8H2,(H,18,19,21). The van der Waals surface area contributed by atoms with Crippen molar-refractivity contribution in [1.82, 2.24) is 9.88 Å². The summed E-state index contributed by atoms with van der Waals surface area (Å²) in [6.07, 6.45) is 0. The molecule has 3 heterocycles. The highest BCUT2D eigenvalue weighted by Gasteiger charge is 2.19. The maximum atomic E-state index is 12.6. The van der Waals surface area contributed by atoms with Crippen LogP contribution in [0.3, 0.4) is 0 Å². The molecule has 0 aliphatic carbocycles. The summed E-state index contributed by atoms with van der Waals surface area (Å²) >= 11 is 2.75. The third kappa shape index (κ3) is 3.41. The Labute approximate surface area is 152 Å². The van der Waals surface area contributed by atoms with Gasteiger partial charge in [-0.05, 0) is 29.6 Å². The molecule has 1 saturated heterocycles. The van der Waals surface area contributed by atoms with Crippen LogP contribution in [0.5, 0.6) is 0 Å². The summed E-state index contributed by atoms with van der Waals surface area (Å²) in [5, 5.41) is 5.20. The van der Waals surface area contributed by atoms with Gasteiger partial charge in [0.05, 0.1) is 28.3 Å². The number of carbonyl (C=O) groups excluding carboxylic acids is 2. The van der Waals surface area contributed by atoms with Crippen LogP contribution in [0.2, 0.25) is 0 Å². The SMILES string of the molecule is O=C(Nc1nc2ccc(C(=O)N3CCOCC3)cc2s1)c1cccs1. The van der Waals surface area contributed by atoms with E-state index in [1.54, 1.807) is 17.0 Å². The van der Waals surface area contributed by atoms with Gasteiger partial charge in [0, 0.05) is 18.7 Å². The molecule has 1 aliphatic rings. The number of fused-ring (bicyclic) bond motifs is 1. The Balaban J connectivity index is 1.54. The van der Waals surface area contributed by atoms with Gasteiger partial charge in [-0.2, -0.15) is 0 Å². The summed E-state index contributed by atoms with van der Waals surface area (Å²) in [6, 6.07) is 9.05. The fraction of sp³-hybridized carbons (Fsp3) is 0.235. The molecule has 6 nitrogen and oxygen atoms in total. The lowest BCUT2D eigenvalue weighted by Gasteiger charge is -2.26. The molecule has 0 radical (unpaired) electrons. The molecule has 8 heteroatoms. The normalized spacial score (nSPS) is 14.6. The summed E-state index contributed by atoms with van der Waals surface area (Å²) < 4.78 is 6.16. The van der Waals surface area contributed by atoms with Crippen molar-refractivity contribution < 1.29 is 14.3 Å². The maximum Gasteiger partial charge on any atom is 0.267 e. The van der Waals surface area contributed by atoms with E-state index in [4.69, 9.17) is 4.74 Å². The minimum atomic E-state index is -0.168. The number of ether oxygens (including phenoxy) is 1. The predicted molar refractivity (Wildman–Crippen MR) is 98.6 cm³/mol. The molecule has 4 rings (SSSR count). The molecule has 0 saturated carbocycles. The van der Waals surface area contributed by atoms with Gasteiger partial charge in [-0.3, -0.25) is 14.9 Å². The van der Waals surface area contributed by atoms with Gasteiger partial charge >= 0.3 is 0 Å². The van der Waals surface area contributed by atoms with E-state index in [2.05, 4.69) is 10.3 Å². The maximum absolute atomic E-state index is 12.6. The molecule has 1 aromatic carbocycles. The molecule has 0 bridgehead atoms. The second-order valence-electron chi connectivity index (χ2n) is 5.54. The highest BCUT2D eigenvalue weighted by molar-refractivity contribution is 7.22. The minimum Gasteiger partial charge on any atom is -0.378 e. The summed E-state index contributed by atoms with van der Waals surface area (Å²) in [7, 11) is 0. The third-order valence-electron chi connectivity index (χ3n) is 3.90. The number of hydrogen-bond donors (Lipinski definition) is 1. The predicted octanol–water partition coefficient (Wildman–Crippen LogP) is 3.08. The minimum absolute atomic E-state index is 0.00257. The van der Waals surface area contributed by atoms with Crippen molar-refractivity contribution in [2.24, 2.45) is 0 Å². The van der Waals surface area contributed by atoms with Gasteiger partial charge in [0.25, 0.3) is 11.8 Å². The zero-order chi connectivity index (χ0) is 17.2. The molecule has 1 N–H and O–H groups in total. The van der Waals surface area contributed by atoms with Crippen molar-refractivity contribution in [2.45, 2.75) is 0 Å². The molecule has 2 amide bonds. The Hall–Kier alpha value is -2.29. The van der Waals surface area contributed by atoms with Crippen LogP contribution in [-0.2, 0) is 4.74 Å². The van der Waals surface area contributed by atoms with E-state index < -0.39 is 0 Å². The van der Waals surface area contributed by atoms with Gasteiger partial charge in [0.1, 0.15) is 0 Å². The molecule has 1 aliphatic heterocycles. The molecule has 128 valence electrons. The first-order valence-electron chi connectivity index (χ1n) is 7.83. The van der Waals surface area contributed by atoms with E-state index in [1.807, 2.05) is 23.6 Å². The van der Waals surface area contributed by atoms with Gasteiger partial charge in [-0.15, -0.1) is 11.3 Å². The highest BCUT2D eigenvalue weighted by atomic mass is 32.1. The Morgan fingerprint density at radius 1 is 1.20 bits per heavy atom. The van der Waals surface area contributed by atoms with E-state index in [-0.39, 0.29) is 11.8 Å². The van der Waals surface area contributed by atoms with Crippen LogP contribution in [0, 0.1) is 0 Å². The van der Waals surface area contributed by atoms with Crippen molar-refractivity contribution in [1.29, 1.82) is 0 Å². The van der Waals surface area contributed by atoms with Gasteiger partial charge in [0.2, 0.25) is 0 Å². The molecule has 0 unspecified atom stereocenters. The number of rotatable bonds is 3. The van der Waals surface area contributed by atoms with Gasteiger partial charge in [0.15, 0.2) is 5.13 Å². The quantitative estimate of drug-likeness (QED) is 0.766. The van der Waals surface area contributed by atoms with Crippen LogP contribution >= 0.6 is 22.7 Å². The second kappa shape index (κ2) is 6.91. The summed E-state index contributed by atoms with van der Waals surface area (Å²) in [4.78, 5) is 31.6. The Bertz CT molecular complexity index is 915. The van der Waals surface area contributed by atoms with Crippen LogP contribution in [0.25, 0.3) is 10.2 Å². The van der Waals surface area contributed by atoms with Crippen molar-refractivity contribution in [3.05, 3.63) is 46.2 Å². The molecule has 0 atom stereocenters. The second-order valence-corrected chi connectivity index (χ2v) is 7.52. The molecule has 1 fully saturated rings. The zero-order valence-corrected chi connectivity index (χ0v) is 14.9. The number of anilines is 1. The van der Waals surface area contributed by atoms with Crippen LogP contribution in [0.4, 0.5) is 5.13 Å². The number of nitrogens with zero attached hydrogens (tertiary/aromatic N) is 2. The van der Waals surface area contributed by atoms with Crippen molar-refractivity contribution in [3.63, 3.8) is 0 Å². The van der Waals surface area contributed by atoms with Crippen LogP contribution in [0.15, 0.2) is 35.7 Å². The Morgan fingerprint density at radius 3 is 2.80 bits per heavy atom. The summed E-state index contributed by atoms with van der Waals surface area (Å²) in [6.45, 7) is 2.38. The molecule has 3 aromatic rings. The van der Waals surface area contributed by atoms with Gasteiger partial charge < -0.3 is 9.64 Å². The average Bonchev–Trinajstić information content (AvgIpc) is 3.30. The van der Waals surface area contributed by atoms with Crippen LogP contribution in [0.1, 0.15) is 20.0 Å². The Morgan fingerprint density at radius 2 is 2.04 bits per heavy atom. The summed E-state index contributed by atoms with van der Waals surface area (Å²) in [5.74, 6) is -0.165. The third-order valence-corrected chi connectivity index (χ3v) is 5.70. The number of morpholine rings is 1.